The number of benzene rings is 1. The fraction of sp³-hybridized carbons (Fsp3) is 0.500. The van der Waals surface area contributed by atoms with Crippen LogP contribution in [0.2, 0.25) is 0 Å². The highest BCUT2D eigenvalue weighted by Gasteiger charge is 2.13. The van der Waals surface area contributed by atoms with E-state index >= 15 is 0 Å². The molecule has 82 valence electrons. The van der Waals surface area contributed by atoms with Crippen LogP contribution in [0.3, 0.4) is 0 Å². The van der Waals surface area contributed by atoms with Crippen LogP contribution in [0.1, 0.15) is 25.3 Å². The zero-order chi connectivity index (χ0) is 10.7. The van der Waals surface area contributed by atoms with E-state index in [1.54, 1.807) is 0 Å². The van der Waals surface area contributed by atoms with E-state index in [9.17, 15) is 0 Å². The monoisotopic (exact) mass is 207 g/mol. The molecule has 1 atom stereocenters. The van der Waals surface area contributed by atoms with Gasteiger partial charge < -0.3 is 15.2 Å². The highest BCUT2D eigenvalue weighted by Crippen LogP contribution is 2.32. The maximum atomic E-state index is 5.88. The van der Waals surface area contributed by atoms with E-state index in [1.165, 1.54) is 5.56 Å². The number of nitrogens with two attached hydrogens (primary N) is 1. The maximum absolute atomic E-state index is 5.88. The molecule has 2 rings (SSSR count). The van der Waals surface area contributed by atoms with Crippen molar-refractivity contribution in [3.63, 3.8) is 0 Å². The number of ether oxygens (including phenoxy) is 2. The van der Waals surface area contributed by atoms with Crippen LogP contribution in [0.15, 0.2) is 18.2 Å². The molecule has 1 aliphatic heterocycles. The lowest BCUT2D eigenvalue weighted by molar-refractivity contribution is 0.174. The molecule has 0 spiro atoms. The zero-order valence-corrected chi connectivity index (χ0v) is 9.03. The van der Waals surface area contributed by atoms with Gasteiger partial charge in [0.15, 0.2) is 11.5 Å². The molecule has 0 radical (unpaired) electrons. The van der Waals surface area contributed by atoms with E-state index in [2.05, 4.69) is 13.0 Å². The SMILES string of the molecule is CCC(N)CCc1ccc2c(c1)OCO2. The molecule has 3 heteroatoms. The van der Waals surface area contributed by atoms with Gasteiger partial charge in [-0.15, -0.1) is 0 Å². The lowest BCUT2D eigenvalue weighted by Crippen LogP contribution is -2.18. The van der Waals surface area contributed by atoms with Gasteiger partial charge in [0.05, 0.1) is 0 Å². The molecule has 0 amide bonds. The van der Waals surface area contributed by atoms with Crippen molar-refractivity contribution in [2.24, 2.45) is 5.73 Å². The Morgan fingerprint density at radius 2 is 2.13 bits per heavy atom. The first-order valence-corrected chi connectivity index (χ1v) is 5.43. The summed E-state index contributed by atoms with van der Waals surface area (Å²) in [7, 11) is 0. The van der Waals surface area contributed by atoms with E-state index in [0.717, 1.165) is 30.8 Å². The topological polar surface area (TPSA) is 44.5 Å². The third-order valence-electron chi connectivity index (χ3n) is 2.77. The molecule has 0 bridgehead atoms. The standard InChI is InChI=1S/C12H17NO2/c1-2-10(13)5-3-9-4-6-11-12(7-9)15-8-14-11/h4,6-7,10H,2-3,5,8,13H2,1H3. The smallest absolute Gasteiger partial charge is 0.231 e. The first-order valence-electron chi connectivity index (χ1n) is 5.43. The Morgan fingerprint density at radius 1 is 1.33 bits per heavy atom. The van der Waals surface area contributed by atoms with Crippen LogP contribution < -0.4 is 15.2 Å². The first kappa shape index (κ1) is 10.3. The van der Waals surface area contributed by atoms with E-state index in [0.29, 0.717) is 12.8 Å². The Kier molecular flexibility index (Phi) is 3.11. The second kappa shape index (κ2) is 4.53. The molecule has 0 saturated heterocycles. The van der Waals surface area contributed by atoms with E-state index < -0.39 is 0 Å². The van der Waals surface area contributed by atoms with Crippen LogP contribution in [0.4, 0.5) is 0 Å². The van der Waals surface area contributed by atoms with Gasteiger partial charge in [-0.05, 0) is 37.0 Å². The molecule has 0 saturated carbocycles. The van der Waals surface area contributed by atoms with Gasteiger partial charge in [-0.2, -0.15) is 0 Å². The van der Waals surface area contributed by atoms with Crippen LogP contribution in [0, 0.1) is 0 Å². The van der Waals surface area contributed by atoms with Gasteiger partial charge in [0.1, 0.15) is 0 Å². The van der Waals surface area contributed by atoms with Gasteiger partial charge in [-0.25, -0.2) is 0 Å². The number of hydrogen-bond acceptors (Lipinski definition) is 3. The number of fused-ring (bicyclic) bond motifs is 1. The molecule has 1 aromatic carbocycles. The predicted octanol–water partition coefficient (Wildman–Crippen LogP) is 2.09. The minimum atomic E-state index is 0.301. The highest BCUT2D eigenvalue weighted by molar-refractivity contribution is 5.44. The second-order valence-electron chi connectivity index (χ2n) is 3.89. The summed E-state index contributed by atoms with van der Waals surface area (Å²) in [4.78, 5) is 0. The Bertz CT molecular complexity index is 338. The van der Waals surface area contributed by atoms with Crippen molar-refractivity contribution in [3.8, 4) is 11.5 Å². The van der Waals surface area contributed by atoms with Crippen molar-refractivity contribution in [2.45, 2.75) is 32.2 Å². The Balaban J connectivity index is 1.98. The molecule has 0 fully saturated rings. The van der Waals surface area contributed by atoms with Gasteiger partial charge in [0.2, 0.25) is 6.79 Å². The molecule has 3 nitrogen and oxygen atoms in total. The van der Waals surface area contributed by atoms with Crippen molar-refractivity contribution in [3.05, 3.63) is 23.8 Å². The van der Waals surface area contributed by atoms with E-state index in [-0.39, 0.29) is 0 Å². The van der Waals surface area contributed by atoms with Crippen LogP contribution in [-0.4, -0.2) is 12.8 Å². The molecular formula is C12H17NO2. The van der Waals surface area contributed by atoms with Crippen molar-refractivity contribution in [2.75, 3.05) is 6.79 Å². The Hall–Kier alpha value is -1.22. The predicted molar refractivity (Wildman–Crippen MR) is 59.2 cm³/mol. The highest BCUT2D eigenvalue weighted by atomic mass is 16.7. The molecule has 1 unspecified atom stereocenters. The molecule has 0 aromatic heterocycles. The van der Waals surface area contributed by atoms with E-state index in [4.69, 9.17) is 15.2 Å². The molecule has 1 aromatic rings. The summed E-state index contributed by atoms with van der Waals surface area (Å²) in [6.07, 6.45) is 3.06. The Labute approximate surface area is 90.2 Å². The molecule has 2 N–H and O–H groups in total. The third kappa shape index (κ3) is 2.42. The second-order valence-corrected chi connectivity index (χ2v) is 3.89. The summed E-state index contributed by atoms with van der Waals surface area (Å²) >= 11 is 0. The van der Waals surface area contributed by atoms with Crippen molar-refractivity contribution < 1.29 is 9.47 Å². The minimum absolute atomic E-state index is 0.301. The van der Waals surface area contributed by atoms with Crippen LogP contribution >= 0.6 is 0 Å². The van der Waals surface area contributed by atoms with Crippen LogP contribution in [-0.2, 0) is 6.42 Å². The number of aryl methyl sites for hydroxylation is 1. The Morgan fingerprint density at radius 3 is 2.93 bits per heavy atom. The lowest BCUT2D eigenvalue weighted by atomic mass is 10.0. The normalized spacial score (nSPS) is 15.3. The first-order chi connectivity index (χ1) is 7.29. The summed E-state index contributed by atoms with van der Waals surface area (Å²) in [6.45, 7) is 2.46. The zero-order valence-electron chi connectivity index (χ0n) is 9.03. The molecule has 1 aliphatic rings. The summed E-state index contributed by atoms with van der Waals surface area (Å²) in [5.41, 5.74) is 7.14. The van der Waals surface area contributed by atoms with Crippen LogP contribution in [0.5, 0.6) is 11.5 Å². The quantitative estimate of drug-likeness (QED) is 0.822. The molecule has 15 heavy (non-hydrogen) atoms. The van der Waals surface area contributed by atoms with Gasteiger partial charge in [0, 0.05) is 6.04 Å². The average molecular weight is 207 g/mol. The maximum Gasteiger partial charge on any atom is 0.231 e. The fourth-order valence-electron chi connectivity index (χ4n) is 1.65. The number of rotatable bonds is 4. The van der Waals surface area contributed by atoms with Gasteiger partial charge in [-0.1, -0.05) is 13.0 Å². The molecule has 0 aliphatic carbocycles. The minimum Gasteiger partial charge on any atom is -0.454 e. The summed E-state index contributed by atoms with van der Waals surface area (Å²) in [5, 5.41) is 0. The lowest BCUT2D eigenvalue weighted by Gasteiger charge is -2.08. The van der Waals surface area contributed by atoms with Crippen molar-refractivity contribution >= 4 is 0 Å². The summed E-state index contributed by atoms with van der Waals surface area (Å²) < 4.78 is 10.6. The van der Waals surface area contributed by atoms with E-state index in [1.807, 2.05) is 12.1 Å². The molecule has 1 heterocycles. The summed E-state index contributed by atoms with van der Waals surface area (Å²) in [6, 6.07) is 6.39. The molecular weight excluding hydrogens is 190 g/mol. The largest absolute Gasteiger partial charge is 0.454 e. The van der Waals surface area contributed by atoms with Gasteiger partial charge in [0.25, 0.3) is 0 Å². The van der Waals surface area contributed by atoms with Crippen LogP contribution in [0.25, 0.3) is 0 Å². The summed E-state index contributed by atoms with van der Waals surface area (Å²) in [5.74, 6) is 1.70. The van der Waals surface area contributed by atoms with Crippen molar-refractivity contribution in [1.29, 1.82) is 0 Å². The number of hydrogen-bond donors (Lipinski definition) is 1. The van der Waals surface area contributed by atoms with Gasteiger partial charge in [-0.3, -0.25) is 0 Å². The fourth-order valence-corrected chi connectivity index (χ4v) is 1.65. The van der Waals surface area contributed by atoms with Gasteiger partial charge >= 0.3 is 0 Å². The third-order valence-corrected chi connectivity index (χ3v) is 2.77. The van der Waals surface area contributed by atoms with Crippen molar-refractivity contribution in [1.82, 2.24) is 0 Å². The average Bonchev–Trinajstić information content (AvgIpc) is 2.72.